The van der Waals surface area contributed by atoms with Gasteiger partial charge in [-0.3, -0.25) is 4.72 Å². The molecule has 2 aromatic carbocycles. The van der Waals surface area contributed by atoms with Gasteiger partial charge < -0.3 is 9.47 Å². The Bertz CT molecular complexity index is 880. The third kappa shape index (κ3) is 3.48. The molecule has 0 aliphatic rings. The molecule has 0 saturated heterocycles. The number of esters is 1. The minimum atomic E-state index is -4.03. The lowest BCUT2D eigenvalue weighted by Crippen LogP contribution is -2.15. The molecule has 0 radical (unpaired) electrons. The quantitative estimate of drug-likeness (QED) is 0.836. The molecule has 0 atom stereocenters. The molecule has 0 aliphatic heterocycles. The van der Waals surface area contributed by atoms with Crippen LogP contribution in [0.25, 0.3) is 0 Å². The van der Waals surface area contributed by atoms with Gasteiger partial charge in [0.15, 0.2) is 11.6 Å². The summed E-state index contributed by atoms with van der Waals surface area (Å²) in [4.78, 5) is 11.4. The largest absolute Gasteiger partial charge is 0.494 e. The van der Waals surface area contributed by atoms with Gasteiger partial charge in [0.2, 0.25) is 0 Å². The van der Waals surface area contributed by atoms with Crippen molar-refractivity contribution in [3.8, 4) is 5.75 Å². The van der Waals surface area contributed by atoms with E-state index in [2.05, 4.69) is 9.46 Å². The molecular weight excluding hydrogens is 337 g/mol. The van der Waals surface area contributed by atoms with Gasteiger partial charge in [-0.1, -0.05) is 6.07 Å². The molecular formula is C16H16FNO5S. The first-order valence-corrected chi connectivity index (χ1v) is 8.32. The van der Waals surface area contributed by atoms with Crippen molar-refractivity contribution in [2.75, 3.05) is 18.9 Å². The van der Waals surface area contributed by atoms with Crippen LogP contribution in [-0.2, 0) is 14.8 Å². The number of anilines is 1. The van der Waals surface area contributed by atoms with E-state index in [0.717, 1.165) is 6.07 Å². The Hall–Kier alpha value is -2.61. The Labute approximate surface area is 139 Å². The van der Waals surface area contributed by atoms with Crippen molar-refractivity contribution in [2.24, 2.45) is 0 Å². The molecule has 0 spiro atoms. The number of hydrogen-bond donors (Lipinski definition) is 1. The normalized spacial score (nSPS) is 11.0. The van der Waals surface area contributed by atoms with Crippen LogP contribution in [0.15, 0.2) is 41.3 Å². The summed E-state index contributed by atoms with van der Waals surface area (Å²) >= 11 is 0. The van der Waals surface area contributed by atoms with Gasteiger partial charge >= 0.3 is 5.97 Å². The Morgan fingerprint density at radius 3 is 2.46 bits per heavy atom. The standard InChI is InChI=1S/C16H16FNO5S/c1-10-12(16(19)23-3)5-4-6-14(10)18-24(20,21)11-7-8-15(22-2)13(17)9-11/h4-9,18H,1-3H3. The summed E-state index contributed by atoms with van der Waals surface area (Å²) in [7, 11) is -1.51. The lowest BCUT2D eigenvalue weighted by Gasteiger charge is -2.13. The molecule has 0 amide bonds. The molecule has 0 heterocycles. The van der Waals surface area contributed by atoms with E-state index in [4.69, 9.17) is 4.74 Å². The zero-order valence-corrected chi connectivity index (χ0v) is 14.1. The lowest BCUT2D eigenvalue weighted by atomic mass is 10.1. The summed E-state index contributed by atoms with van der Waals surface area (Å²) in [6.45, 7) is 1.58. The van der Waals surface area contributed by atoms with Gasteiger partial charge in [-0.15, -0.1) is 0 Å². The van der Waals surface area contributed by atoms with Crippen LogP contribution in [0.4, 0.5) is 10.1 Å². The fourth-order valence-electron chi connectivity index (χ4n) is 2.10. The van der Waals surface area contributed by atoms with Crippen molar-refractivity contribution in [1.82, 2.24) is 0 Å². The summed E-state index contributed by atoms with van der Waals surface area (Å²) in [5.74, 6) is -1.43. The third-order valence-corrected chi connectivity index (χ3v) is 4.78. The third-order valence-electron chi connectivity index (χ3n) is 3.42. The van der Waals surface area contributed by atoms with Crippen LogP contribution in [0.2, 0.25) is 0 Å². The van der Waals surface area contributed by atoms with E-state index in [9.17, 15) is 17.6 Å². The SMILES string of the molecule is COC(=O)c1cccc(NS(=O)(=O)c2ccc(OC)c(F)c2)c1C. The van der Waals surface area contributed by atoms with Gasteiger partial charge in [-0.25, -0.2) is 17.6 Å². The minimum absolute atomic E-state index is 0.0576. The number of carbonyl (C=O) groups is 1. The zero-order chi connectivity index (χ0) is 17.9. The first-order chi connectivity index (χ1) is 11.3. The zero-order valence-electron chi connectivity index (χ0n) is 13.3. The Kier molecular flexibility index (Phi) is 5.08. The van der Waals surface area contributed by atoms with Crippen molar-refractivity contribution in [3.63, 3.8) is 0 Å². The Balaban J connectivity index is 2.40. The van der Waals surface area contributed by atoms with E-state index in [1.165, 1.54) is 44.6 Å². The molecule has 0 unspecified atom stereocenters. The first-order valence-electron chi connectivity index (χ1n) is 6.84. The van der Waals surface area contributed by atoms with Crippen LogP contribution in [0.3, 0.4) is 0 Å². The van der Waals surface area contributed by atoms with Gasteiger partial charge in [-0.2, -0.15) is 0 Å². The maximum Gasteiger partial charge on any atom is 0.338 e. The van der Waals surface area contributed by atoms with Crippen LogP contribution in [-0.4, -0.2) is 28.6 Å². The molecule has 1 N–H and O–H groups in total. The monoisotopic (exact) mass is 353 g/mol. The maximum atomic E-state index is 13.7. The summed E-state index contributed by atoms with van der Waals surface area (Å²) in [6, 6.07) is 7.85. The Morgan fingerprint density at radius 1 is 1.17 bits per heavy atom. The van der Waals surface area contributed by atoms with Crippen molar-refractivity contribution >= 4 is 21.7 Å². The van der Waals surface area contributed by atoms with E-state index in [1.807, 2.05) is 0 Å². The number of rotatable bonds is 5. The second-order valence-electron chi connectivity index (χ2n) is 4.87. The van der Waals surface area contributed by atoms with Crippen LogP contribution in [0.5, 0.6) is 5.75 Å². The number of benzene rings is 2. The average Bonchev–Trinajstić information content (AvgIpc) is 2.55. The highest BCUT2D eigenvalue weighted by atomic mass is 32.2. The summed E-state index contributed by atoms with van der Waals surface area (Å²) in [5, 5.41) is 0. The molecule has 24 heavy (non-hydrogen) atoms. The van der Waals surface area contributed by atoms with E-state index in [-0.39, 0.29) is 21.9 Å². The fourth-order valence-corrected chi connectivity index (χ4v) is 3.23. The lowest BCUT2D eigenvalue weighted by molar-refractivity contribution is 0.0600. The number of carbonyl (C=O) groups excluding carboxylic acids is 1. The predicted molar refractivity (Wildman–Crippen MR) is 86.3 cm³/mol. The molecule has 2 rings (SSSR count). The van der Waals surface area contributed by atoms with Crippen molar-refractivity contribution in [2.45, 2.75) is 11.8 Å². The second-order valence-corrected chi connectivity index (χ2v) is 6.55. The number of hydrogen-bond acceptors (Lipinski definition) is 5. The molecule has 0 aliphatic carbocycles. The van der Waals surface area contributed by atoms with Crippen LogP contribution < -0.4 is 9.46 Å². The molecule has 2 aromatic rings. The average molecular weight is 353 g/mol. The number of halogens is 1. The smallest absolute Gasteiger partial charge is 0.338 e. The molecule has 8 heteroatoms. The van der Waals surface area contributed by atoms with Crippen LogP contribution >= 0.6 is 0 Å². The van der Waals surface area contributed by atoms with E-state index in [0.29, 0.717) is 5.56 Å². The number of sulfonamides is 1. The predicted octanol–water partition coefficient (Wildman–Crippen LogP) is 2.73. The summed E-state index contributed by atoms with van der Waals surface area (Å²) < 4.78 is 50.3. The molecule has 0 saturated carbocycles. The van der Waals surface area contributed by atoms with E-state index < -0.39 is 21.8 Å². The van der Waals surface area contributed by atoms with E-state index >= 15 is 0 Å². The van der Waals surface area contributed by atoms with Crippen molar-refractivity contribution in [3.05, 3.63) is 53.3 Å². The van der Waals surface area contributed by atoms with Gasteiger partial charge in [0.1, 0.15) is 0 Å². The van der Waals surface area contributed by atoms with Gasteiger partial charge in [0, 0.05) is 0 Å². The van der Waals surface area contributed by atoms with Crippen molar-refractivity contribution < 1.29 is 27.1 Å². The summed E-state index contributed by atoms with van der Waals surface area (Å²) in [6.07, 6.45) is 0. The second kappa shape index (κ2) is 6.88. The topological polar surface area (TPSA) is 81.7 Å². The maximum absolute atomic E-state index is 13.7. The molecule has 0 bridgehead atoms. The number of methoxy groups -OCH3 is 2. The number of ether oxygens (including phenoxy) is 2. The first kappa shape index (κ1) is 17.7. The molecule has 128 valence electrons. The van der Waals surface area contributed by atoms with Crippen LogP contribution in [0, 0.1) is 12.7 Å². The van der Waals surface area contributed by atoms with Gasteiger partial charge in [0.05, 0.1) is 30.4 Å². The van der Waals surface area contributed by atoms with Gasteiger partial charge in [0.25, 0.3) is 10.0 Å². The fraction of sp³-hybridized carbons (Fsp3) is 0.188. The highest BCUT2D eigenvalue weighted by Crippen LogP contribution is 2.25. The highest BCUT2D eigenvalue weighted by molar-refractivity contribution is 7.92. The molecule has 0 fully saturated rings. The highest BCUT2D eigenvalue weighted by Gasteiger charge is 2.19. The van der Waals surface area contributed by atoms with Crippen LogP contribution in [0.1, 0.15) is 15.9 Å². The van der Waals surface area contributed by atoms with Gasteiger partial charge in [-0.05, 0) is 42.8 Å². The number of nitrogens with one attached hydrogen (secondary N) is 1. The Morgan fingerprint density at radius 2 is 1.88 bits per heavy atom. The van der Waals surface area contributed by atoms with Crippen molar-refractivity contribution in [1.29, 1.82) is 0 Å². The molecule has 0 aromatic heterocycles. The van der Waals surface area contributed by atoms with E-state index in [1.54, 1.807) is 6.92 Å². The minimum Gasteiger partial charge on any atom is -0.494 e. The molecule has 6 nitrogen and oxygen atoms in total. The summed E-state index contributed by atoms with van der Waals surface area (Å²) in [5.41, 5.74) is 0.842.